The van der Waals surface area contributed by atoms with E-state index in [0.717, 1.165) is 30.4 Å². The minimum absolute atomic E-state index is 0.0854. The van der Waals surface area contributed by atoms with Gasteiger partial charge < -0.3 is 14.8 Å². The maximum Gasteiger partial charge on any atom is 0.253 e. The summed E-state index contributed by atoms with van der Waals surface area (Å²) in [6.07, 6.45) is 4.03. The summed E-state index contributed by atoms with van der Waals surface area (Å²) in [7, 11) is 0. The molecule has 27 heavy (non-hydrogen) atoms. The number of carbonyl (C=O) groups excluding carboxylic acids is 2. The number of fused-ring (bicyclic) bond motifs is 1. The van der Waals surface area contributed by atoms with Crippen molar-refractivity contribution < 1.29 is 9.59 Å². The van der Waals surface area contributed by atoms with Gasteiger partial charge in [0, 0.05) is 26.1 Å². The van der Waals surface area contributed by atoms with Crippen molar-refractivity contribution >= 4 is 28.5 Å². The Labute approximate surface area is 157 Å². The van der Waals surface area contributed by atoms with Gasteiger partial charge in [-0.05, 0) is 37.1 Å². The number of carbonyl (C=O) groups is 2. The Morgan fingerprint density at radius 1 is 1.11 bits per heavy atom. The van der Waals surface area contributed by atoms with Crippen molar-refractivity contribution in [2.75, 3.05) is 18.0 Å². The molecule has 1 aliphatic rings. The maximum absolute atomic E-state index is 12.6. The monoisotopic (exact) mass is 362 g/mol. The molecule has 0 radical (unpaired) electrons. The number of anilines is 1. The number of nitrogens with one attached hydrogen (secondary N) is 1. The molecule has 1 fully saturated rings. The van der Waals surface area contributed by atoms with Gasteiger partial charge in [-0.1, -0.05) is 24.3 Å². The van der Waals surface area contributed by atoms with Crippen LogP contribution in [0.5, 0.6) is 0 Å². The highest BCUT2D eigenvalue weighted by atomic mass is 16.2. The molecule has 1 aromatic heterocycles. The minimum Gasteiger partial charge on any atom is -0.352 e. The quantitative estimate of drug-likeness (QED) is 0.686. The van der Waals surface area contributed by atoms with E-state index in [0.29, 0.717) is 30.8 Å². The van der Waals surface area contributed by atoms with Crippen LogP contribution in [0.1, 0.15) is 29.6 Å². The number of hydrogen-bond acceptors (Lipinski definition) is 3. The molecule has 6 heteroatoms. The van der Waals surface area contributed by atoms with Crippen LogP contribution in [0, 0.1) is 0 Å². The predicted molar refractivity (Wildman–Crippen MR) is 105 cm³/mol. The second kappa shape index (κ2) is 7.61. The van der Waals surface area contributed by atoms with E-state index >= 15 is 0 Å². The van der Waals surface area contributed by atoms with E-state index in [9.17, 15) is 9.59 Å². The number of hydrogen-bond donors (Lipinski definition) is 1. The Bertz CT molecular complexity index is 979. The summed E-state index contributed by atoms with van der Waals surface area (Å²) in [5.74, 6) is -0.0528. The highest BCUT2D eigenvalue weighted by molar-refractivity contribution is 6.05. The molecule has 0 atom stereocenters. The van der Waals surface area contributed by atoms with E-state index in [1.165, 1.54) is 0 Å². The van der Waals surface area contributed by atoms with Crippen LogP contribution >= 0.6 is 0 Å². The lowest BCUT2D eigenvalue weighted by atomic mass is 10.1. The van der Waals surface area contributed by atoms with Crippen LogP contribution in [0.2, 0.25) is 0 Å². The minimum atomic E-state index is -0.138. The predicted octanol–water partition coefficient (Wildman–Crippen LogP) is 2.98. The van der Waals surface area contributed by atoms with Crippen LogP contribution in [0.4, 0.5) is 5.69 Å². The Hall–Kier alpha value is -3.15. The van der Waals surface area contributed by atoms with E-state index in [4.69, 9.17) is 0 Å². The van der Waals surface area contributed by atoms with E-state index in [1.807, 2.05) is 48.8 Å². The van der Waals surface area contributed by atoms with Crippen LogP contribution in [0.25, 0.3) is 11.0 Å². The average molecular weight is 362 g/mol. The first-order valence-electron chi connectivity index (χ1n) is 9.31. The van der Waals surface area contributed by atoms with E-state index in [-0.39, 0.29) is 11.8 Å². The molecule has 2 heterocycles. The Morgan fingerprint density at radius 2 is 1.93 bits per heavy atom. The van der Waals surface area contributed by atoms with E-state index < -0.39 is 0 Å². The highest BCUT2D eigenvalue weighted by Gasteiger charge is 2.25. The molecule has 1 saturated heterocycles. The van der Waals surface area contributed by atoms with Crippen molar-refractivity contribution in [1.29, 1.82) is 0 Å². The first-order valence-corrected chi connectivity index (χ1v) is 9.31. The third kappa shape index (κ3) is 3.56. The molecule has 1 N–H and O–H groups in total. The standard InChI is InChI=1S/C21H22N4O2/c26-20-11-5-14-25(20)18-9-3-1-7-16(18)21(27)22-12-6-13-24-15-23-17-8-2-4-10-19(17)24/h1-4,7-10,15H,5-6,11-14H2,(H,22,27). The topological polar surface area (TPSA) is 67.2 Å². The fraction of sp³-hybridized carbons (Fsp3) is 0.286. The van der Waals surface area contributed by atoms with Gasteiger partial charge in [0.1, 0.15) is 0 Å². The average Bonchev–Trinajstić information content (AvgIpc) is 3.31. The van der Waals surface area contributed by atoms with Crippen molar-refractivity contribution in [2.45, 2.75) is 25.8 Å². The summed E-state index contributed by atoms with van der Waals surface area (Å²) >= 11 is 0. The molecule has 0 saturated carbocycles. The molecule has 4 rings (SSSR count). The molecule has 1 aliphatic heterocycles. The molecular weight excluding hydrogens is 340 g/mol. The van der Waals surface area contributed by atoms with Gasteiger partial charge in [0.2, 0.25) is 5.91 Å². The van der Waals surface area contributed by atoms with Crippen LogP contribution < -0.4 is 10.2 Å². The van der Waals surface area contributed by atoms with Crippen molar-refractivity contribution in [3.05, 3.63) is 60.4 Å². The lowest BCUT2D eigenvalue weighted by Gasteiger charge is -2.19. The van der Waals surface area contributed by atoms with Gasteiger partial charge in [0.05, 0.1) is 28.6 Å². The SMILES string of the molecule is O=C(NCCCn1cnc2ccccc21)c1ccccc1N1CCCC1=O. The number of imidazole rings is 1. The number of aromatic nitrogens is 2. The zero-order valence-corrected chi connectivity index (χ0v) is 15.1. The number of benzene rings is 2. The van der Waals surface area contributed by atoms with Gasteiger partial charge in [0.25, 0.3) is 5.91 Å². The molecule has 0 unspecified atom stereocenters. The fourth-order valence-electron chi connectivity index (χ4n) is 3.54. The molecule has 2 aromatic carbocycles. The second-order valence-electron chi connectivity index (χ2n) is 6.70. The van der Waals surface area contributed by atoms with E-state index in [2.05, 4.69) is 14.9 Å². The first-order chi connectivity index (χ1) is 13.2. The van der Waals surface area contributed by atoms with Crippen LogP contribution in [-0.4, -0.2) is 34.5 Å². The van der Waals surface area contributed by atoms with Gasteiger partial charge >= 0.3 is 0 Å². The molecule has 0 aliphatic carbocycles. The number of para-hydroxylation sites is 3. The molecule has 138 valence electrons. The van der Waals surface area contributed by atoms with Crippen LogP contribution in [-0.2, 0) is 11.3 Å². The molecule has 2 amide bonds. The van der Waals surface area contributed by atoms with Crippen molar-refractivity contribution in [1.82, 2.24) is 14.9 Å². The zero-order valence-electron chi connectivity index (χ0n) is 15.1. The third-order valence-corrected chi connectivity index (χ3v) is 4.90. The maximum atomic E-state index is 12.6. The molecule has 0 bridgehead atoms. The van der Waals surface area contributed by atoms with Gasteiger partial charge in [-0.25, -0.2) is 4.98 Å². The number of amides is 2. The van der Waals surface area contributed by atoms with Crippen LogP contribution in [0.15, 0.2) is 54.9 Å². The normalized spacial score (nSPS) is 14.1. The molecular formula is C21H22N4O2. The lowest BCUT2D eigenvalue weighted by Crippen LogP contribution is -2.30. The Kier molecular flexibility index (Phi) is 4.87. The van der Waals surface area contributed by atoms with Gasteiger partial charge in [0.15, 0.2) is 0 Å². The van der Waals surface area contributed by atoms with Crippen molar-refractivity contribution in [3.8, 4) is 0 Å². The third-order valence-electron chi connectivity index (χ3n) is 4.90. The van der Waals surface area contributed by atoms with Crippen molar-refractivity contribution in [3.63, 3.8) is 0 Å². The first kappa shape index (κ1) is 17.3. The van der Waals surface area contributed by atoms with Gasteiger partial charge in [-0.3, -0.25) is 9.59 Å². The number of aryl methyl sites for hydroxylation is 1. The largest absolute Gasteiger partial charge is 0.352 e. The van der Waals surface area contributed by atoms with E-state index in [1.54, 1.807) is 11.0 Å². The van der Waals surface area contributed by atoms with Crippen LogP contribution in [0.3, 0.4) is 0 Å². The molecule has 3 aromatic rings. The Morgan fingerprint density at radius 3 is 2.78 bits per heavy atom. The number of nitrogens with zero attached hydrogens (tertiary/aromatic N) is 3. The molecule has 6 nitrogen and oxygen atoms in total. The van der Waals surface area contributed by atoms with Crippen molar-refractivity contribution in [2.24, 2.45) is 0 Å². The number of rotatable bonds is 6. The lowest BCUT2D eigenvalue weighted by molar-refractivity contribution is -0.117. The summed E-state index contributed by atoms with van der Waals surface area (Å²) in [5.41, 5.74) is 3.34. The molecule has 0 spiro atoms. The fourth-order valence-corrected chi connectivity index (χ4v) is 3.54. The summed E-state index contributed by atoms with van der Waals surface area (Å²) in [5, 5.41) is 2.98. The Balaban J connectivity index is 1.37. The highest BCUT2D eigenvalue weighted by Crippen LogP contribution is 2.25. The smallest absolute Gasteiger partial charge is 0.253 e. The zero-order chi connectivity index (χ0) is 18.6. The summed E-state index contributed by atoms with van der Waals surface area (Å²) < 4.78 is 2.10. The second-order valence-corrected chi connectivity index (χ2v) is 6.70. The van der Waals surface area contributed by atoms with Gasteiger partial charge in [-0.2, -0.15) is 0 Å². The summed E-state index contributed by atoms with van der Waals surface area (Å²) in [4.78, 5) is 30.8. The summed E-state index contributed by atoms with van der Waals surface area (Å²) in [6.45, 7) is 2.03. The summed E-state index contributed by atoms with van der Waals surface area (Å²) in [6, 6.07) is 15.3. The van der Waals surface area contributed by atoms with Gasteiger partial charge in [-0.15, -0.1) is 0 Å².